The van der Waals surface area contributed by atoms with Crippen molar-refractivity contribution in [2.75, 3.05) is 44.3 Å². The van der Waals surface area contributed by atoms with E-state index in [1.165, 1.54) is 25.8 Å². The van der Waals surface area contributed by atoms with Crippen LogP contribution >= 0.6 is 0 Å². The number of nitrogens with zero attached hydrogens (tertiary/aromatic N) is 3. The van der Waals surface area contributed by atoms with E-state index in [0.29, 0.717) is 24.8 Å². The van der Waals surface area contributed by atoms with Crippen molar-refractivity contribution < 1.29 is 9.53 Å². The number of anilines is 1. The molecule has 0 spiro atoms. The third kappa shape index (κ3) is 3.13. The molecule has 2 atom stereocenters. The summed E-state index contributed by atoms with van der Waals surface area (Å²) in [6.45, 7) is 5.25. The summed E-state index contributed by atoms with van der Waals surface area (Å²) in [5.41, 5.74) is 0.689. The Morgan fingerprint density at radius 3 is 2.92 bits per heavy atom. The lowest BCUT2D eigenvalue weighted by Crippen LogP contribution is -2.47. The van der Waals surface area contributed by atoms with E-state index in [2.05, 4.69) is 20.1 Å². The second-order valence-electron chi connectivity index (χ2n) is 6.94. The third-order valence-electron chi connectivity index (χ3n) is 5.51. The summed E-state index contributed by atoms with van der Waals surface area (Å²) in [5, 5.41) is 3.30. The highest BCUT2D eigenvalue weighted by molar-refractivity contribution is 5.99. The molecule has 0 unspecified atom stereocenters. The average molecular weight is 330 g/mol. The van der Waals surface area contributed by atoms with E-state index >= 15 is 0 Å². The van der Waals surface area contributed by atoms with E-state index < -0.39 is 0 Å². The van der Waals surface area contributed by atoms with Crippen molar-refractivity contribution in [3.63, 3.8) is 0 Å². The zero-order chi connectivity index (χ0) is 16.4. The van der Waals surface area contributed by atoms with E-state index in [1.54, 1.807) is 6.20 Å². The third-order valence-corrected chi connectivity index (χ3v) is 5.51. The predicted molar refractivity (Wildman–Crippen MR) is 92.4 cm³/mol. The van der Waals surface area contributed by atoms with Gasteiger partial charge in [-0.2, -0.15) is 0 Å². The highest BCUT2D eigenvalue weighted by Crippen LogP contribution is 2.28. The number of fused-ring (bicyclic) bond motifs is 1. The zero-order valence-corrected chi connectivity index (χ0v) is 14.1. The minimum absolute atomic E-state index is 0.0158. The number of morpholine rings is 1. The van der Waals surface area contributed by atoms with Crippen molar-refractivity contribution in [2.45, 2.75) is 37.8 Å². The van der Waals surface area contributed by atoms with Gasteiger partial charge in [-0.05, 0) is 37.9 Å². The maximum Gasteiger partial charge on any atom is 0.255 e. The van der Waals surface area contributed by atoms with Crippen LogP contribution < -0.4 is 10.2 Å². The van der Waals surface area contributed by atoms with Gasteiger partial charge in [-0.3, -0.25) is 9.69 Å². The van der Waals surface area contributed by atoms with Gasteiger partial charge in [0.2, 0.25) is 0 Å². The molecule has 1 N–H and O–H groups in total. The normalized spacial score (nSPS) is 27.8. The molecule has 3 aliphatic heterocycles. The average Bonchev–Trinajstić information content (AvgIpc) is 3.05. The van der Waals surface area contributed by atoms with Crippen LogP contribution in [0.3, 0.4) is 0 Å². The fourth-order valence-electron chi connectivity index (χ4n) is 4.26. The summed E-state index contributed by atoms with van der Waals surface area (Å²) in [5.74, 6) is 0.804. The lowest BCUT2D eigenvalue weighted by atomic mass is 9.99. The molecule has 130 valence electrons. The van der Waals surface area contributed by atoms with Gasteiger partial charge in [-0.15, -0.1) is 0 Å². The molecule has 1 aromatic heterocycles. The smallest absolute Gasteiger partial charge is 0.255 e. The van der Waals surface area contributed by atoms with Gasteiger partial charge in [0.1, 0.15) is 5.82 Å². The van der Waals surface area contributed by atoms with Gasteiger partial charge >= 0.3 is 0 Å². The van der Waals surface area contributed by atoms with E-state index in [1.807, 2.05) is 12.1 Å². The standard InChI is InChI=1S/C18H26N4O2/c23-18(20-15-6-9-21-8-2-1-5-16(15)21)14-4-3-7-19-17(14)22-10-12-24-13-11-22/h3-4,7,15-16H,1-2,5-6,8-13H2,(H,20,23)/t15-,16+/m0/s1. The second kappa shape index (κ2) is 7.07. The first-order chi connectivity index (χ1) is 11.8. The Hall–Kier alpha value is -1.66. The zero-order valence-electron chi connectivity index (χ0n) is 14.1. The lowest BCUT2D eigenvalue weighted by Gasteiger charge is -2.33. The van der Waals surface area contributed by atoms with Gasteiger partial charge in [0, 0.05) is 37.9 Å². The number of pyridine rings is 1. The van der Waals surface area contributed by atoms with Gasteiger partial charge in [0.15, 0.2) is 0 Å². The van der Waals surface area contributed by atoms with Crippen molar-refractivity contribution in [1.82, 2.24) is 15.2 Å². The molecule has 6 heteroatoms. The van der Waals surface area contributed by atoms with Gasteiger partial charge in [-0.1, -0.05) is 6.42 Å². The molecule has 1 amide bonds. The lowest BCUT2D eigenvalue weighted by molar-refractivity contribution is 0.0913. The molecule has 3 saturated heterocycles. The number of amides is 1. The second-order valence-corrected chi connectivity index (χ2v) is 6.94. The number of carbonyl (C=O) groups is 1. The summed E-state index contributed by atoms with van der Waals surface area (Å²) in [6, 6.07) is 4.53. The first-order valence-corrected chi connectivity index (χ1v) is 9.15. The number of rotatable bonds is 3. The molecule has 3 aliphatic rings. The van der Waals surface area contributed by atoms with Gasteiger partial charge < -0.3 is 15.0 Å². The molecule has 3 fully saturated rings. The molecule has 4 heterocycles. The Labute approximate surface area is 143 Å². The fourth-order valence-corrected chi connectivity index (χ4v) is 4.26. The van der Waals surface area contributed by atoms with E-state index in [9.17, 15) is 4.79 Å². The molecule has 4 rings (SSSR count). The number of nitrogens with one attached hydrogen (secondary N) is 1. The fraction of sp³-hybridized carbons (Fsp3) is 0.667. The summed E-state index contributed by atoms with van der Waals surface area (Å²) in [7, 11) is 0. The first kappa shape index (κ1) is 15.8. The van der Waals surface area contributed by atoms with Crippen LogP contribution in [0.15, 0.2) is 18.3 Å². The molecular formula is C18H26N4O2. The van der Waals surface area contributed by atoms with Crippen LogP contribution in [0.1, 0.15) is 36.0 Å². The minimum atomic E-state index is 0.0158. The summed E-state index contributed by atoms with van der Waals surface area (Å²) in [4.78, 5) is 22.1. The number of aromatic nitrogens is 1. The molecular weight excluding hydrogens is 304 g/mol. The Morgan fingerprint density at radius 2 is 2.04 bits per heavy atom. The topological polar surface area (TPSA) is 57.7 Å². The number of hydrogen-bond acceptors (Lipinski definition) is 5. The Bertz CT molecular complexity index is 588. The van der Waals surface area contributed by atoms with Crippen LogP contribution in [-0.4, -0.2) is 67.3 Å². The molecule has 0 radical (unpaired) electrons. The number of ether oxygens (including phenoxy) is 1. The van der Waals surface area contributed by atoms with E-state index in [4.69, 9.17) is 4.74 Å². The van der Waals surface area contributed by atoms with Gasteiger partial charge in [0.25, 0.3) is 5.91 Å². The molecule has 0 saturated carbocycles. The van der Waals surface area contributed by atoms with Crippen LogP contribution in [0.25, 0.3) is 0 Å². The number of piperidine rings is 1. The van der Waals surface area contributed by atoms with E-state index in [0.717, 1.165) is 31.9 Å². The van der Waals surface area contributed by atoms with Crippen molar-refractivity contribution in [2.24, 2.45) is 0 Å². The van der Waals surface area contributed by atoms with Crippen molar-refractivity contribution in [3.05, 3.63) is 23.9 Å². The summed E-state index contributed by atoms with van der Waals surface area (Å²) in [6.07, 6.45) is 6.60. The van der Waals surface area contributed by atoms with Crippen LogP contribution in [0, 0.1) is 0 Å². The monoisotopic (exact) mass is 330 g/mol. The van der Waals surface area contributed by atoms with E-state index in [-0.39, 0.29) is 11.9 Å². The minimum Gasteiger partial charge on any atom is -0.378 e. The van der Waals surface area contributed by atoms with Crippen LogP contribution in [0.4, 0.5) is 5.82 Å². The van der Waals surface area contributed by atoms with Crippen LogP contribution in [0.5, 0.6) is 0 Å². The maximum atomic E-state index is 12.9. The molecule has 0 aliphatic carbocycles. The predicted octanol–water partition coefficient (Wildman–Crippen LogP) is 1.27. The van der Waals surface area contributed by atoms with Crippen molar-refractivity contribution in [1.29, 1.82) is 0 Å². The van der Waals surface area contributed by atoms with Crippen molar-refractivity contribution >= 4 is 11.7 Å². The summed E-state index contributed by atoms with van der Waals surface area (Å²) < 4.78 is 5.41. The Kier molecular flexibility index (Phi) is 4.67. The molecule has 1 aromatic rings. The molecule has 0 aromatic carbocycles. The molecule has 6 nitrogen and oxygen atoms in total. The highest BCUT2D eigenvalue weighted by Gasteiger charge is 2.36. The van der Waals surface area contributed by atoms with Crippen LogP contribution in [0.2, 0.25) is 0 Å². The largest absolute Gasteiger partial charge is 0.378 e. The Balaban J connectivity index is 1.48. The quantitative estimate of drug-likeness (QED) is 0.905. The van der Waals surface area contributed by atoms with Crippen LogP contribution in [-0.2, 0) is 4.74 Å². The Morgan fingerprint density at radius 1 is 1.17 bits per heavy atom. The summed E-state index contributed by atoms with van der Waals surface area (Å²) >= 11 is 0. The molecule has 24 heavy (non-hydrogen) atoms. The van der Waals surface area contributed by atoms with Gasteiger partial charge in [0.05, 0.1) is 18.8 Å². The number of carbonyl (C=O) groups excluding carboxylic acids is 1. The SMILES string of the molecule is O=C(N[C@H]1CCN2CCCC[C@H]12)c1cccnc1N1CCOCC1. The maximum absolute atomic E-state index is 12.9. The first-order valence-electron chi connectivity index (χ1n) is 9.15. The molecule has 0 bridgehead atoms. The van der Waals surface area contributed by atoms with Crippen molar-refractivity contribution in [3.8, 4) is 0 Å². The number of hydrogen-bond donors (Lipinski definition) is 1. The highest BCUT2D eigenvalue weighted by atomic mass is 16.5. The van der Waals surface area contributed by atoms with Gasteiger partial charge in [-0.25, -0.2) is 4.98 Å².